The number of ether oxygens (including phenoxy) is 1. The van der Waals surface area contributed by atoms with Gasteiger partial charge in [-0.2, -0.15) is 0 Å². The molecule has 0 saturated carbocycles. The van der Waals surface area contributed by atoms with Crippen LogP contribution in [0.1, 0.15) is 220 Å². The van der Waals surface area contributed by atoms with E-state index in [-0.39, 0.29) is 37.9 Å². The lowest BCUT2D eigenvalue weighted by atomic mass is 10.1. The van der Waals surface area contributed by atoms with E-state index in [1.54, 1.807) is 0 Å². The van der Waals surface area contributed by atoms with Crippen LogP contribution in [0.3, 0.4) is 0 Å². The molecule has 0 aliphatic heterocycles. The number of amides is 1. The normalized spacial score (nSPS) is 14.6. The Labute approximate surface area is 442 Å². The van der Waals surface area contributed by atoms with Crippen molar-refractivity contribution in [2.45, 2.75) is 232 Å². The summed E-state index contributed by atoms with van der Waals surface area (Å²) in [5, 5.41) is 2.99. The second kappa shape index (κ2) is 51.2. The molecule has 72 heavy (non-hydrogen) atoms. The number of phosphoric ester groups is 1. The van der Waals surface area contributed by atoms with E-state index in [0.717, 1.165) is 83.5 Å². The monoisotopic (exact) mass is 1020 g/mol. The van der Waals surface area contributed by atoms with Gasteiger partial charge < -0.3 is 19.4 Å². The maximum Gasteiger partial charge on any atom is 0.472 e. The molecule has 0 aliphatic carbocycles. The van der Waals surface area contributed by atoms with Crippen molar-refractivity contribution in [3.63, 3.8) is 0 Å². The Hall–Kier alpha value is -3.33. The molecule has 412 valence electrons. The lowest BCUT2D eigenvalue weighted by Crippen LogP contribution is -2.47. The van der Waals surface area contributed by atoms with Gasteiger partial charge in [0.2, 0.25) is 5.91 Å². The van der Waals surface area contributed by atoms with Crippen molar-refractivity contribution in [3.05, 3.63) is 109 Å². The van der Waals surface area contributed by atoms with E-state index in [2.05, 4.69) is 117 Å². The molecule has 10 heteroatoms. The molecule has 0 spiro atoms. The Bertz CT molecular complexity index is 1600. The predicted molar refractivity (Wildman–Crippen MR) is 309 cm³/mol. The number of hydrogen-bond donors (Lipinski definition) is 2. The Kier molecular flexibility index (Phi) is 48.8. The number of nitrogens with one attached hydrogen (secondary N) is 1. The summed E-state index contributed by atoms with van der Waals surface area (Å²) < 4.78 is 30.5. The number of quaternary nitrogens is 1. The van der Waals surface area contributed by atoms with Gasteiger partial charge in [-0.1, -0.05) is 214 Å². The molecule has 0 radical (unpaired) electrons. The summed E-state index contributed by atoms with van der Waals surface area (Å²) in [6.07, 6.45) is 69.6. The van der Waals surface area contributed by atoms with Gasteiger partial charge in [-0.3, -0.25) is 18.6 Å². The quantitative estimate of drug-likeness (QED) is 0.0205. The summed E-state index contributed by atoms with van der Waals surface area (Å²) in [6.45, 7) is 6.79. The van der Waals surface area contributed by atoms with Crippen LogP contribution in [0.4, 0.5) is 0 Å². The van der Waals surface area contributed by atoms with Crippen LogP contribution in [0.2, 0.25) is 0 Å². The molecule has 1 amide bonds. The third kappa shape index (κ3) is 51.6. The van der Waals surface area contributed by atoms with E-state index in [1.807, 2.05) is 39.4 Å². The van der Waals surface area contributed by atoms with Crippen LogP contribution < -0.4 is 5.32 Å². The Balaban J connectivity index is 5.47. The van der Waals surface area contributed by atoms with Crippen molar-refractivity contribution >= 4 is 19.7 Å². The van der Waals surface area contributed by atoms with Crippen molar-refractivity contribution in [3.8, 4) is 0 Å². The first-order valence-corrected chi connectivity index (χ1v) is 30.2. The van der Waals surface area contributed by atoms with Crippen LogP contribution in [-0.2, 0) is 27.9 Å². The van der Waals surface area contributed by atoms with E-state index in [0.29, 0.717) is 23.9 Å². The number of esters is 1. The van der Waals surface area contributed by atoms with E-state index in [9.17, 15) is 19.0 Å². The number of rotatable bonds is 50. The molecule has 0 heterocycles. The maximum atomic E-state index is 13.4. The highest BCUT2D eigenvalue weighted by atomic mass is 31.2. The average molecular weight is 1020 g/mol. The van der Waals surface area contributed by atoms with Gasteiger partial charge in [0.25, 0.3) is 0 Å². The molecule has 3 unspecified atom stereocenters. The number of phosphoric acid groups is 1. The molecule has 0 rings (SSSR count). The highest BCUT2D eigenvalue weighted by Gasteiger charge is 2.30. The summed E-state index contributed by atoms with van der Waals surface area (Å²) in [7, 11) is 1.42. The summed E-state index contributed by atoms with van der Waals surface area (Å²) in [6, 6.07) is -0.902. The Morgan fingerprint density at radius 1 is 0.500 bits per heavy atom. The number of allylic oxidation sites excluding steroid dienone is 17. The van der Waals surface area contributed by atoms with E-state index in [4.69, 9.17) is 13.8 Å². The van der Waals surface area contributed by atoms with Gasteiger partial charge in [-0.15, -0.1) is 0 Å². The second-order valence-electron chi connectivity index (χ2n) is 20.1. The minimum absolute atomic E-state index is 0.0185. The Morgan fingerprint density at radius 3 is 1.36 bits per heavy atom. The lowest BCUT2D eigenvalue weighted by molar-refractivity contribution is -0.870. The first kappa shape index (κ1) is 68.7. The van der Waals surface area contributed by atoms with Crippen LogP contribution in [-0.4, -0.2) is 74.3 Å². The van der Waals surface area contributed by atoms with Crippen molar-refractivity contribution < 1.29 is 37.3 Å². The fourth-order valence-corrected chi connectivity index (χ4v) is 8.26. The van der Waals surface area contributed by atoms with Crippen LogP contribution in [0.25, 0.3) is 0 Å². The molecule has 9 nitrogen and oxygen atoms in total. The standard InChI is InChI=1S/C62H107N2O7P/c1-7-10-13-16-19-22-25-28-29-30-31-32-33-34-35-37-40-43-46-49-52-55-62(66)71-60(53-50-47-44-41-38-27-24-21-18-15-12-9-3)59(58-70-72(67,68)69-57-56-64(4,5)6)63-61(65)54-51-48-45-42-39-36-26-23-20-17-14-11-8-2/h10,13,19,22,28-29,31-32,34-36,39-40,43,45,48,50,53,59-60H,7-9,11-12,14-18,20-21,23-27,30,33,37-38,41-42,44,46-47,49,51-52,54-58H2,1-6H3,(H-,63,65,67,68)/p+1/b13-10-,22-19-,29-28-,32-31-,35-34-,39-36-,43-40-,48-45+,53-50-. The van der Waals surface area contributed by atoms with Gasteiger partial charge in [0, 0.05) is 12.8 Å². The number of nitrogens with zero attached hydrogens (tertiary/aromatic N) is 1. The molecule has 0 saturated heterocycles. The van der Waals surface area contributed by atoms with Crippen molar-refractivity contribution in [1.82, 2.24) is 5.32 Å². The second-order valence-corrected chi connectivity index (χ2v) is 21.5. The van der Waals surface area contributed by atoms with Gasteiger partial charge in [0.15, 0.2) is 0 Å². The predicted octanol–water partition coefficient (Wildman–Crippen LogP) is 17.4. The molecular formula is C62H108N2O7P+. The fraction of sp³-hybridized carbons (Fsp3) is 0.677. The molecule has 0 aromatic carbocycles. The smallest absolute Gasteiger partial charge is 0.456 e. The summed E-state index contributed by atoms with van der Waals surface area (Å²) >= 11 is 0. The van der Waals surface area contributed by atoms with Gasteiger partial charge in [-0.25, -0.2) is 4.57 Å². The number of unbranched alkanes of at least 4 members (excludes halogenated alkanes) is 18. The van der Waals surface area contributed by atoms with Crippen LogP contribution in [0.15, 0.2) is 109 Å². The number of hydrogen-bond acceptors (Lipinski definition) is 6. The molecule has 0 aromatic heterocycles. The van der Waals surface area contributed by atoms with Gasteiger partial charge in [0.05, 0.1) is 33.8 Å². The zero-order valence-corrected chi connectivity index (χ0v) is 47.8. The number of carbonyl (C=O) groups is 2. The Morgan fingerprint density at radius 2 is 0.903 bits per heavy atom. The molecular weight excluding hydrogens is 916 g/mol. The molecule has 0 aromatic rings. The topological polar surface area (TPSA) is 111 Å². The summed E-state index contributed by atoms with van der Waals surface area (Å²) in [5.41, 5.74) is 0. The third-order valence-electron chi connectivity index (χ3n) is 12.0. The fourth-order valence-electron chi connectivity index (χ4n) is 7.52. The van der Waals surface area contributed by atoms with Gasteiger partial charge >= 0.3 is 13.8 Å². The SMILES string of the molecule is CC/C=C\C/C=C\C/C=C\C/C=C\C/C=C\C/C=C\CCCCC(=O)OC(/C=C\CCCCCCCCCCCC)C(COP(=O)(O)OCC[N+](C)(C)C)NC(=O)CC/C=C/C/C=C\CCCCCCCC. The first-order chi connectivity index (χ1) is 34.9. The van der Waals surface area contributed by atoms with Crippen molar-refractivity contribution in [2.75, 3.05) is 40.9 Å². The van der Waals surface area contributed by atoms with E-state index < -0.39 is 20.0 Å². The van der Waals surface area contributed by atoms with E-state index >= 15 is 0 Å². The van der Waals surface area contributed by atoms with Crippen molar-refractivity contribution in [1.29, 1.82) is 0 Å². The highest BCUT2D eigenvalue weighted by molar-refractivity contribution is 7.47. The minimum atomic E-state index is -4.47. The first-order valence-electron chi connectivity index (χ1n) is 28.7. The van der Waals surface area contributed by atoms with Gasteiger partial charge in [0.1, 0.15) is 19.3 Å². The zero-order chi connectivity index (χ0) is 52.9. The summed E-state index contributed by atoms with van der Waals surface area (Å²) in [4.78, 5) is 37.5. The molecule has 0 bridgehead atoms. The maximum absolute atomic E-state index is 13.4. The molecule has 3 atom stereocenters. The zero-order valence-electron chi connectivity index (χ0n) is 46.9. The highest BCUT2D eigenvalue weighted by Crippen LogP contribution is 2.43. The van der Waals surface area contributed by atoms with Crippen LogP contribution in [0, 0.1) is 0 Å². The molecule has 2 N–H and O–H groups in total. The number of carbonyl (C=O) groups excluding carboxylic acids is 2. The lowest BCUT2D eigenvalue weighted by Gasteiger charge is -2.27. The van der Waals surface area contributed by atoms with Crippen molar-refractivity contribution in [2.24, 2.45) is 0 Å². The van der Waals surface area contributed by atoms with Gasteiger partial charge in [-0.05, 0) is 102 Å². The third-order valence-corrected chi connectivity index (χ3v) is 12.9. The summed E-state index contributed by atoms with van der Waals surface area (Å²) in [5.74, 6) is -0.643. The average Bonchev–Trinajstić information content (AvgIpc) is 3.34. The largest absolute Gasteiger partial charge is 0.472 e. The van der Waals surface area contributed by atoms with Crippen LogP contribution in [0.5, 0.6) is 0 Å². The molecule has 0 aliphatic rings. The minimum Gasteiger partial charge on any atom is -0.456 e. The number of likely N-dealkylation sites (N-methyl/N-ethyl adjacent to an activating group) is 1. The van der Waals surface area contributed by atoms with Crippen LogP contribution >= 0.6 is 7.82 Å². The van der Waals surface area contributed by atoms with E-state index in [1.165, 1.54) is 89.9 Å². The molecule has 0 fully saturated rings.